The fraction of sp³-hybridized carbons (Fsp3) is 0.909. The first-order valence-electron chi connectivity index (χ1n) is 5.93. The van der Waals surface area contributed by atoms with Crippen LogP contribution in [0.25, 0.3) is 0 Å². The topological polar surface area (TPSA) is 92.7 Å². The van der Waals surface area contributed by atoms with Crippen LogP contribution >= 0.6 is 0 Å². The zero-order chi connectivity index (χ0) is 14.2. The zero-order valence-corrected chi connectivity index (χ0v) is 12.0. The molecule has 0 saturated carbocycles. The minimum Gasteiger partial charge on any atom is -0.469 e. The van der Waals surface area contributed by atoms with E-state index in [1.807, 2.05) is 13.8 Å². The molecule has 0 heterocycles. The Labute approximate surface area is 109 Å². The number of aliphatic hydroxyl groups is 1. The average molecular weight is 281 g/mol. The summed E-state index contributed by atoms with van der Waals surface area (Å²) in [7, 11) is -2.22. The van der Waals surface area contributed by atoms with E-state index >= 15 is 0 Å². The molecular formula is C11H23NO5S. The number of carbonyl (C=O) groups is 1. The van der Waals surface area contributed by atoms with Crippen molar-refractivity contribution in [1.82, 2.24) is 5.32 Å². The van der Waals surface area contributed by atoms with Crippen LogP contribution < -0.4 is 5.32 Å². The molecule has 18 heavy (non-hydrogen) atoms. The van der Waals surface area contributed by atoms with Crippen LogP contribution in [0.5, 0.6) is 0 Å². The Hall–Kier alpha value is -0.660. The number of hydrogen-bond acceptors (Lipinski definition) is 6. The predicted molar refractivity (Wildman–Crippen MR) is 69.0 cm³/mol. The second kappa shape index (κ2) is 8.44. The summed E-state index contributed by atoms with van der Waals surface area (Å²) in [5, 5.41) is 12.5. The molecule has 0 aromatic heterocycles. The highest BCUT2D eigenvalue weighted by molar-refractivity contribution is 7.91. The Balaban J connectivity index is 3.96. The molecule has 0 rings (SSSR count). The fourth-order valence-corrected chi connectivity index (χ4v) is 2.66. The normalized spacial score (nSPS) is 13.6. The van der Waals surface area contributed by atoms with Crippen molar-refractivity contribution in [2.24, 2.45) is 5.92 Å². The largest absolute Gasteiger partial charge is 0.469 e. The molecule has 0 aromatic carbocycles. The number of methoxy groups -OCH3 is 1. The van der Waals surface area contributed by atoms with Gasteiger partial charge in [-0.2, -0.15) is 0 Å². The van der Waals surface area contributed by atoms with Crippen molar-refractivity contribution in [2.75, 3.05) is 31.7 Å². The lowest BCUT2D eigenvalue weighted by Crippen LogP contribution is -2.35. The number of hydrogen-bond donors (Lipinski definition) is 2. The first kappa shape index (κ1) is 17.3. The van der Waals surface area contributed by atoms with Crippen molar-refractivity contribution in [3.63, 3.8) is 0 Å². The van der Waals surface area contributed by atoms with Gasteiger partial charge in [-0.15, -0.1) is 0 Å². The van der Waals surface area contributed by atoms with Gasteiger partial charge >= 0.3 is 5.97 Å². The van der Waals surface area contributed by atoms with E-state index in [9.17, 15) is 18.3 Å². The Morgan fingerprint density at radius 1 is 1.33 bits per heavy atom. The number of esters is 1. The summed E-state index contributed by atoms with van der Waals surface area (Å²) < 4.78 is 27.5. The van der Waals surface area contributed by atoms with E-state index in [0.717, 1.165) is 6.54 Å². The van der Waals surface area contributed by atoms with Crippen LogP contribution in [0.3, 0.4) is 0 Å². The number of sulfone groups is 1. The molecule has 108 valence electrons. The highest BCUT2D eigenvalue weighted by Gasteiger charge is 2.18. The quantitative estimate of drug-likeness (QED) is 0.557. The van der Waals surface area contributed by atoms with E-state index in [2.05, 4.69) is 10.1 Å². The van der Waals surface area contributed by atoms with Gasteiger partial charge in [-0.3, -0.25) is 4.79 Å². The molecule has 2 N–H and O–H groups in total. The van der Waals surface area contributed by atoms with Gasteiger partial charge in [0, 0.05) is 6.54 Å². The maximum atomic E-state index is 11.6. The minimum atomic E-state index is -3.43. The van der Waals surface area contributed by atoms with Crippen molar-refractivity contribution in [2.45, 2.75) is 26.4 Å². The second-order valence-corrected chi connectivity index (χ2v) is 6.88. The smallest absolute Gasteiger partial charge is 0.306 e. The summed E-state index contributed by atoms with van der Waals surface area (Å²) >= 11 is 0. The number of rotatable bonds is 9. The lowest BCUT2D eigenvalue weighted by atomic mass is 10.2. The van der Waals surface area contributed by atoms with Gasteiger partial charge in [0.15, 0.2) is 9.84 Å². The fourth-order valence-electron chi connectivity index (χ4n) is 1.31. The predicted octanol–water partition coefficient (Wildman–Crippen LogP) is -0.429. The lowest BCUT2D eigenvalue weighted by molar-refractivity contribution is -0.140. The van der Waals surface area contributed by atoms with E-state index in [4.69, 9.17) is 0 Å². The monoisotopic (exact) mass is 281 g/mol. The Bertz CT molecular complexity index is 339. The summed E-state index contributed by atoms with van der Waals surface area (Å²) in [5.41, 5.74) is 0. The van der Waals surface area contributed by atoms with Gasteiger partial charge < -0.3 is 15.2 Å². The lowest BCUT2D eigenvalue weighted by Gasteiger charge is -2.13. The molecule has 0 fully saturated rings. The molecule has 6 nitrogen and oxygen atoms in total. The van der Waals surface area contributed by atoms with Gasteiger partial charge in [-0.05, 0) is 12.5 Å². The van der Waals surface area contributed by atoms with E-state index in [0.29, 0.717) is 5.92 Å². The Morgan fingerprint density at radius 2 is 1.94 bits per heavy atom. The van der Waals surface area contributed by atoms with Crippen molar-refractivity contribution < 1.29 is 23.1 Å². The number of ether oxygens (including phenoxy) is 1. The third-order valence-corrected chi connectivity index (χ3v) is 3.94. The van der Waals surface area contributed by atoms with Crippen molar-refractivity contribution in [1.29, 1.82) is 0 Å². The molecular weight excluding hydrogens is 258 g/mol. The summed E-state index contributed by atoms with van der Waals surface area (Å²) in [5.74, 6) is -0.755. The second-order valence-electron chi connectivity index (χ2n) is 4.65. The standard InChI is InChI=1S/C11H23NO5S/c1-9(2)6-12-7-10(13)8-18(15,16)5-4-11(14)17-3/h9-10,12-13H,4-8H2,1-3H3. The first-order chi connectivity index (χ1) is 8.26. The van der Waals surface area contributed by atoms with Crippen LogP contribution in [0.4, 0.5) is 0 Å². The van der Waals surface area contributed by atoms with Crippen LogP contribution in [0.1, 0.15) is 20.3 Å². The molecule has 0 spiro atoms. The summed E-state index contributed by atoms with van der Waals surface area (Å²) in [6, 6.07) is 0. The van der Waals surface area contributed by atoms with E-state index in [-0.39, 0.29) is 24.5 Å². The van der Waals surface area contributed by atoms with Crippen molar-refractivity contribution in [3.8, 4) is 0 Å². The third-order valence-electron chi connectivity index (χ3n) is 2.22. The van der Waals surface area contributed by atoms with Crippen LogP contribution in [-0.2, 0) is 19.4 Å². The first-order valence-corrected chi connectivity index (χ1v) is 7.75. The molecule has 0 bridgehead atoms. The minimum absolute atomic E-state index is 0.176. The van der Waals surface area contributed by atoms with E-state index in [1.165, 1.54) is 7.11 Å². The Morgan fingerprint density at radius 3 is 2.44 bits per heavy atom. The van der Waals surface area contributed by atoms with Crippen LogP contribution in [0.2, 0.25) is 0 Å². The van der Waals surface area contributed by atoms with Crippen molar-refractivity contribution in [3.05, 3.63) is 0 Å². The number of aliphatic hydroxyl groups excluding tert-OH is 1. The highest BCUT2D eigenvalue weighted by atomic mass is 32.2. The average Bonchev–Trinajstić information content (AvgIpc) is 2.24. The van der Waals surface area contributed by atoms with Gasteiger partial charge in [0.25, 0.3) is 0 Å². The molecule has 0 aliphatic carbocycles. The van der Waals surface area contributed by atoms with Crippen molar-refractivity contribution >= 4 is 15.8 Å². The van der Waals surface area contributed by atoms with Gasteiger partial charge in [0.05, 0.1) is 31.1 Å². The molecule has 0 aliphatic heterocycles. The van der Waals surface area contributed by atoms with Crippen LogP contribution in [-0.4, -0.2) is 57.3 Å². The van der Waals surface area contributed by atoms with Gasteiger partial charge in [0.1, 0.15) is 0 Å². The van der Waals surface area contributed by atoms with Crippen LogP contribution in [0, 0.1) is 5.92 Å². The highest BCUT2D eigenvalue weighted by Crippen LogP contribution is 1.99. The number of nitrogens with one attached hydrogen (secondary N) is 1. The molecule has 0 saturated heterocycles. The van der Waals surface area contributed by atoms with E-state index < -0.39 is 21.9 Å². The zero-order valence-electron chi connectivity index (χ0n) is 11.2. The van der Waals surface area contributed by atoms with Gasteiger partial charge in [0.2, 0.25) is 0 Å². The summed E-state index contributed by atoms with van der Waals surface area (Å²) in [6.45, 7) is 4.99. The molecule has 1 unspecified atom stereocenters. The Kier molecular flexibility index (Phi) is 8.13. The maximum Gasteiger partial charge on any atom is 0.306 e. The molecule has 0 radical (unpaired) electrons. The molecule has 7 heteroatoms. The van der Waals surface area contributed by atoms with Gasteiger partial charge in [-0.1, -0.05) is 13.8 Å². The van der Waals surface area contributed by atoms with Crippen LogP contribution in [0.15, 0.2) is 0 Å². The third kappa shape index (κ3) is 9.38. The van der Waals surface area contributed by atoms with E-state index in [1.54, 1.807) is 0 Å². The van der Waals surface area contributed by atoms with Gasteiger partial charge in [-0.25, -0.2) is 8.42 Å². The summed E-state index contributed by atoms with van der Waals surface area (Å²) in [4.78, 5) is 10.8. The SMILES string of the molecule is COC(=O)CCS(=O)(=O)CC(O)CNCC(C)C. The maximum absolute atomic E-state index is 11.6. The molecule has 0 aromatic rings. The summed E-state index contributed by atoms with van der Waals surface area (Å²) in [6.07, 6.45) is -1.13. The molecule has 0 amide bonds. The molecule has 1 atom stereocenters. The number of carbonyl (C=O) groups excluding carboxylic acids is 1. The molecule has 0 aliphatic rings.